The number of ether oxygens (including phenoxy) is 2. The van der Waals surface area contributed by atoms with E-state index < -0.39 is 23.7 Å². The minimum Gasteiger partial charge on any atom is -0.408 e. The van der Waals surface area contributed by atoms with E-state index >= 15 is 4.39 Å². The van der Waals surface area contributed by atoms with E-state index in [0.29, 0.717) is 55.1 Å². The Balaban J connectivity index is 1.31. The van der Waals surface area contributed by atoms with Crippen LogP contribution in [0.2, 0.25) is 0 Å². The zero-order valence-corrected chi connectivity index (χ0v) is 19.7. The second kappa shape index (κ2) is 10.6. The van der Waals surface area contributed by atoms with Crippen molar-refractivity contribution in [1.82, 2.24) is 15.2 Å². The Morgan fingerprint density at radius 2 is 2.06 bits per heavy atom. The number of carbonyl (C=O) groups excluding carboxylic acids is 1. The highest BCUT2D eigenvalue weighted by Gasteiger charge is 2.24. The van der Waals surface area contributed by atoms with Crippen LogP contribution in [-0.2, 0) is 27.2 Å². The topological polar surface area (TPSA) is 119 Å². The van der Waals surface area contributed by atoms with E-state index in [1.54, 1.807) is 28.8 Å². The summed E-state index contributed by atoms with van der Waals surface area (Å²) in [5, 5.41) is 15.3. The van der Waals surface area contributed by atoms with E-state index in [2.05, 4.69) is 10.6 Å². The number of aromatic nitrogens is 1. The molecule has 2 atom stereocenters. The van der Waals surface area contributed by atoms with Gasteiger partial charge in [-0.25, -0.2) is 9.18 Å². The van der Waals surface area contributed by atoms with Crippen molar-refractivity contribution >= 4 is 17.0 Å². The molecule has 1 aromatic heterocycles. The second-order valence-corrected chi connectivity index (χ2v) is 9.18. The molecule has 36 heavy (non-hydrogen) atoms. The summed E-state index contributed by atoms with van der Waals surface area (Å²) in [5.74, 6) is -1.03. The maximum atomic E-state index is 15.1. The summed E-state index contributed by atoms with van der Waals surface area (Å²) >= 11 is 0. The molecule has 0 saturated carbocycles. The third-order valence-electron chi connectivity index (χ3n) is 6.54. The first-order chi connectivity index (χ1) is 17.5. The molecule has 2 N–H and O–H groups in total. The van der Waals surface area contributed by atoms with Gasteiger partial charge >= 0.3 is 5.76 Å². The van der Waals surface area contributed by atoms with Gasteiger partial charge in [-0.15, -0.1) is 0 Å². The minimum absolute atomic E-state index is 0.0261. The summed E-state index contributed by atoms with van der Waals surface area (Å²) in [6.45, 7) is 3.33. The van der Waals surface area contributed by atoms with E-state index in [0.717, 1.165) is 18.5 Å². The van der Waals surface area contributed by atoms with Gasteiger partial charge in [-0.2, -0.15) is 5.26 Å². The smallest absolute Gasteiger partial charge is 0.408 e. The van der Waals surface area contributed by atoms with Crippen molar-refractivity contribution < 1.29 is 23.1 Å². The highest BCUT2D eigenvalue weighted by atomic mass is 19.1. The zero-order valence-electron chi connectivity index (χ0n) is 19.7. The van der Waals surface area contributed by atoms with Crippen molar-refractivity contribution in [1.29, 1.82) is 5.26 Å². The van der Waals surface area contributed by atoms with Crippen LogP contribution >= 0.6 is 0 Å². The maximum absolute atomic E-state index is 15.1. The third kappa shape index (κ3) is 5.18. The number of carbonyl (C=O) groups is 1. The molecule has 3 heterocycles. The average Bonchev–Trinajstić information content (AvgIpc) is 3.00. The number of fused-ring (bicyclic) bond motifs is 1. The Labute approximate surface area is 206 Å². The number of nitrogens with zero attached hydrogens (tertiary/aromatic N) is 2. The van der Waals surface area contributed by atoms with Gasteiger partial charge in [0.05, 0.1) is 24.8 Å². The Morgan fingerprint density at radius 3 is 2.81 bits per heavy atom. The number of benzene rings is 2. The van der Waals surface area contributed by atoms with Crippen LogP contribution in [0.3, 0.4) is 0 Å². The molecule has 0 radical (unpaired) electrons. The number of oxazole rings is 1. The lowest BCUT2D eigenvalue weighted by molar-refractivity contribution is -0.132. The van der Waals surface area contributed by atoms with Gasteiger partial charge < -0.3 is 24.5 Å². The molecule has 2 aromatic carbocycles. The maximum Gasteiger partial charge on any atom is 0.419 e. The summed E-state index contributed by atoms with van der Waals surface area (Å²) in [6.07, 6.45) is 0.158. The molecule has 2 saturated heterocycles. The van der Waals surface area contributed by atoms with Gasteiger partial charge in [0.15, 0.2) is 5.58 Å². The molecular weight excluding hydrogens is 467 g/mol. The van der Waals surface area contributed by atoms with Crippen molar-refractivity contribution in [2.24, 2.45) is 5.92 Å². The van der Waals surface area contributed by atoms with Gasteiger partial charge in [0, 0.05) is 32.0 Å². The number of halogens is 1. The fraction of sp³-hybridized carbons (Fsp3) is 0.423. The average molecular weight is 495 g/mol. The third-order valence-corrected chi connectivity index (χ3v) is 6.54. The van der Waals surface area contributed by atoms with Gasteiger partial charge in [0.25, 0.3) is 5.91 Å². The predicted octanol–water partition coefficient (Wildman–Crippen LogP) is 1.98. The van der Waals surface area contributed by atoms with Crippen LogP contribution in [0, 0.1) is 23.1 Å². The molecule has 0 spiro atoms. The van der Waals surface area contributed by atoms with Gasteiger partial charge in [0.1, 0.15) is 18.0 Å². The number of nitrogens with one attached hydrogen (secondary N) is 2. The number of rotatable bonds is 7. The fourth-order valence-corrected chi connectivity index (χ4v) is 4.45. The Hall–Kier alpha value is -3.52. The molecule has 1 amide bonds. The van der Waals surface area contributed by atoms with E-state index in [1.807, 2.05) is 12.1 Å². The van der Waals surface area contributed by atoms with Crippen LogP contribution in [0.15, 0.2) is 45.6 Å². The summed E-state index contributed by atoms with van der Waals surface area (Å²) in [7, 11) is 0. The first kappa shape index (κ1) is 24.2. The lowest BCUT2D eigenvalue weighted by Gasteiger charge is -2.25. The summed E-state index contributed by atoms with van der Waals surface area (Å²) in [6, 6.07) is 11.2. The van der Waals surface area contributed by atoms with Crippen molar-refractivity contribution in [3.05, 3.63) is 58.3 Å². The standard InChI is InChI=1S/C26H27FN4O5/c27-21-9-17(18-4-5-23-22(10-18)31(26(33)36-23)13-16-14-34-15-16)2-3-19(21)8-20(11-28)30-25(32)24-12-29-6-1-7-35-24/h2-5,9-10,16,20,24,29H,1,6-8,12-15H2,(H,30,32)/t20-,24-/m0/s1. The number of hydrogen-bond acceptors (Lipinski definition) is 7. The van der Waals surface area contributed by atoms with Crippen LogP contribution in [0.25, 0.3) is 22.2 Å². The highest BCUT2D eigenvalue weighted by molar-refractivity contribution is 5.82. The van der Waals surface area contributed by atoms with Crippen molar-refractivity contribution in [3.63, 3.8) is 0 Å². The van der Waals surface area contributed by atoms with Crippen molar-refractivity contribution in [2.75, 3.05) is 32.9 Å². The molecule has 0 aliphatic carbocycles. The molecule has 9 nitrogen and oxygen atoms in total. The van der Waals surface area contributed by atoms with Gasteiger partial charge in [-0.1, -0.05) is 18.2 Å². The molecular formula is C26H27FN4O5. The van der Waals surface area contributed by atoms with Gasteiger partial charge in [-0.05, 0) is 47.9 Å². The van der Waals surface area contributed by atoms with Crippen LogP contribution < -0.4 is 16.4 Å². The molecule has 2 fully saturated rings. The molecule has 2 aliphatic heterocycles. The molecule has 0 unspecified atom stereocenters. The van der Waals surface area contributed by atoms with E-state index in [-0.39, 0.29) is 18.2 Å². The normalized spacial score (nSPS) is 19.3. The lowest BCUT2D eigenvalue weighted by Crippen LogP contribution is -2.46. The molecule has 10 heteroatoms. The highest BCUT2D eigenvalue weighted by Crippen LogP contribution is 2.27. The Bertz CT molecular complexity index is 1350. The number of amides is 1. The molecule has 3 aromatic rings. The van der Waals surface area contributed by atoms with Crippen LogP contribution in [0.5, 0.6) is 0 Å². The van der Waals surface area contributed by atoms with Crippen LogP contribution in [-0.4, -0.2) is 55.5 Å². The lowest BCUT2D eigenvalue weighted by atomic mass is 9.99. The van der Waals surface area contributed by atoms with Crippen LogP contribution in [0.4, 0.5) is 4.39 Å². The molecule has 5 rings (SSSR count). The van der Waals surface area contributed by atoms with E-state index in [9.17, 15) is 14.9 Å². The first-order valence-corrected chi connectivity index (χ1v) is 12.0. The zero-order chi connectivity index (χ0) is 25.1. The molecule has 0 bridgehead atoms. The van der Waals surface area contributed by atoms with Crippen molar-refractivity contribution in [2.45, 2.75) is 31.5 Å². The summed E-state index contributed by atoms with van der Waals surface area (Å²) < 4.78 is 32.7. The quantitative estimate of drug-likeness (QED) is 0.516. The first-order valence-electron chi connectivity index (χ1n) is 12.0. The minimum atomic E-state index is -0.892. The van der Waals surface area contributed by atoms with Crippen LogP contribution in [0.1, 0.15) is 12.0 Å². The monoisotopic (exact) mass is 494 g/mol. The fourth-order valence-electron chi connectivity index (χ4n) is 4.45. The molecule has 2 aliphatic rings. The Kier molecular flexibility index (Phi) is 7.13. The van der Waals surface area contributed by atoms with E-state index in [1.165, 1.54) is 6.07 Å². The molecule has 188 valence electrons. The SMILES string of the molecule is N#C[C@H](Cc1ccc(-c2ccc3oc(=O)n(CC4COC4)c3c2)cc1F)NC(=O)[C@@H]1CNCCCO1. The van der Waals surface area contributed by atoms with Crippen molar-refractivity contribution in [3.8, 4) is 17.2 Å². The largest absolute Gasteiger partial charge is 0.419 e. The summed E-state index contributed by atoms with van der Waals surface area (Å²) in [4.78, 5) is 24.8. The van der Waals surface area contributed by atoms with E-state index in [4.69, 9.17) is 13.9 Å². The number of nitriles is 1. The predicted molar refractivity (Wildman–Crippen MR) is 129 cm³/mol. The summed E-state index contributed by atoms with van der Waals surface area (Å²) in [5.41, 5.74) is 2.80. The second-order valence-electron chi connectivity index (χ2n) is 9.18. The van der Waals surface area contributed by atoms with Gasteiger partial charge in [-0.3, -0.25) is 9.36 Å². The van der Waals surface area contributed by atoms with Gasteiger partial charge in [0.2, 0.25) is 0 Å². The number of hydrogen-bond donors (Lipinski definition) is 2. The Morgan fingerprint density at radius 1 is 1.25 bits per heavy atom.